The van der Waals surface area contributed by atoms with Gasteiger partial charge in [-0.15, -0.1) is 0 Å². The molecule has 4 nitrogen and oxygen atoms in total. The highest BCUT2D eigenvalue weighted by Crippen LogP contribution is 2.29. The number of benzene rings is 1. The van der Waals surface area contributed by atoms with Crippen LogP contribution in [-0.2, 0) is 9.84 Å². The molecule has 0 fully saturated rings. The van der Waals surface area contributed by atoms with Crippen LogP contribution in [0.3, 0.4) is 0 Å². The molecule has 15 heavy (non-hydrogen) atoms. The molecule has 0 radical (unpaired) electrons. The number of phenols is 1. The molecule has 1 rings (SSSR count). The molecular formula is C8H8F2O4S. The maximum absolute atomic E-state index is 11.9. The zero-order valence-corrected chi connectivity index (χ0v) is 8.46. The van der Waals surface area contributed by atoms with Crippen molar-refractivity contribution in [2.24, 2.45) is 0 Å². The van der Waals surface area contributed by atoms with Gasteiger partial charge >= 0.3 is 6.61 Å². The summed E-state index contributed by atoms with van der Waals surface area (Å²) in [6, 6.07) is 2.90. The van der Waals surface area contributed by atoms with E-state index in [4.69, 9.17) is 5.11 Å². The van der Waals surface area contributed by atoms with Crippen molar-refractivity contribution in [2.45, 2.75) is 11.5 Å². The molecule has 0 saturated heterocycles. The van der Waals surface area contributed by atoms with Gasteiger partial charge in [-0.25, -0.2) is 8.42 Å². The highest BCUT2D eigenvalue weighted by atomic mass is 32.2. The van der Waals surface area contributed by atoms with Gasteiger partial charge in [0.2, 0.25) is 0 Å². The fraction of sp³-hybridized carbons (Fsp3) is 0.250. The Morgan fingerprint density at radius 2 is 2.00 bits per heavy atom. The fourth-order valence-corrected chi connectivity index (χ4v) is 1.78. The molecule has 1 N–H and O–H groups in total. The van der Waals surface area contributed by atoms with Gasteiger partial charge in [0.1, 0.15) is 16.4 Å². The van der Waals surface area contributed by atoms with Crippen molar-refractivity contribution < 1.29 is 27.0 Å². The van der Waals surface area contributed by atoms with Gasteiger partial charge in [0, 0.05) is 12.3 Å². The second kappa shape index (κ2) is 4.01. The Balaban J connectivity index is 3.27. The smallest absolute Gasteiger partial charge is 0.387 e. The van der Waals surface area contributed by atoms with Crippen LogP contribution in [0.2, 0.25) is 0 Å². The van der Waals surface area contributed by atoms with Crippen molar-refractivity contribution in [2.75, 3.05) is 6.26 Å². The number of alkyl halides is 2. The van der Waals surface area contributed by atoms with E-state index in [1.54, 1.807) is 0 Å². The molecule has 0 amide bonds. The molecule has 0 heterocycles. The third-order valence-corrected chi connectivity index (χ3v) is 2.68. The highest BCUT2D eigenvalue weighted by Gasteiger charge is 2.17. The Kier molecular flexibility index (Phi) is 3.13. The lowest BCUT2D eigenvalue weighted by molar-refractivity contribution is -0.0518. The van der Waals surface area contributed by atoms with E-state index in [9.17, 15) is 17.2 Å². The lowest BCUT2D eigenvalue weighted by atomic mass is 10.3. The predicted molar refractivity (Wildman–Crippen MR) is 47.8 cm³/mol. The van der Waals surface area contributed by atoms with Crippen LogP contribution in [0.25, 0.3) is 0 Å². The summed E-state index contributed by atoms with van der Waals surface area (Å²) in [5, 5.41) is 9.00. The van der Waals surface area contributed by atoms with E-state index in [0.29, 0.717) is 0 Å². The molecule has 1 aromatic carbocycles. The second-order valence-corrected chi connectivity index (χ2v) is 4.77. The molecule has 0 bridgehead atoms. The number of halogens is 2. The van der Waals surface area contributed by atoms with Crippen LogP contribution >= 0.6 is 0 Å². The van der Waals surface area contributed by atoms with E-state index in [1.165, 1.54) is 0 Å². The van der Waals surface area contributed by atoms with Crippen LogP contribution in [0, 0.1) is 0 Å². The SMILES string of the molecule is CS(=O)(=O)c1ccc(O)cc1OC(F)F. The summed E-state index contributed by atoms with van der Waals surface area (Å²) < 4.78 is 50.1. The standard InChI is InChI=1S/C8H8F2O4S/c1-15(12,13)7-3-2-5(11)4-6(7)14-8(9)10/h2-4,8,11H,1H3. The summed E-state index contributed by atoms with van der Waals surface area (Å²) in [4.78, 5) is -0.388. The summed E-state index contributed by atoms with van der Waals surface area (Å²) in [5.41, 5.74) is 0. The Hall–Kier alpha value is -1.37. The summed E-state index contributed by atoms with van der Waals surface area (Å²) in [6.07, 6.45) is 0.859. The van der Waals surface area contributed by atoms with E-state index >= 15 is 0 Å². The maximum Gasteiger partial charge on any atom is 0.387 e. The van der Waals surface area contributed by atoms with Gasteiger partial charge in [-0.05, 0) is 12.1 Å². The van der Waals surface area contributed by atoms with Gasteiger partial charge in [0.15, 0.2) is 9.84 Å². The number of hydrogen-bond donors (Lipinski definition) is 1. The van der Waals surface area contributed by atoms with E-state index < -0.39 is 22.2 Å². The van der Waals surface area contributed by atoms with Crippen LogP contribution in [0.5, 0.6) is 11.5 Å². The minimum atomic E-state index is -3.67. The van der Waals surface area contributed by atoms with Crippen molar-refractivity contribution >= 4 is 9.84 Å². The lowest BCUT2D eigenvalue weighted by Crippen LogP contribution is -2.07. The molecule has 0 unspecified atom stereocenters. The second-order valence-electron chi connectivity index (χ2n) is 2.78. The molecule has 0 spiro atoms. The zero-order chi connectivity index (χ0) is 11.6. The Bertz CT molecular complexity index is 456. The Morgan fingerprint density at radius 1 is 1.40 bits per heavy atom. The number of phenolic OH excluding ortho intramolecular Hbond substituents is 1. The number of rotatable bonds is 3. The monoisotopic (exact) mass is 238 g/mol. The average molecular weight is 238 g/mol. The molecule has 84 valence electrons. The Labute approximate surface area is 85.0 Å². The molecule has 1 aromatic rings. The third kappa shape index (κ3) is 3.05. The molecular weight excluding hydrogens is 230 g/mol. The van der Waals surface area contributed by atoms with Crippen LogP contribution in [0.4, 0.5) is 8.78 Å². The number of ether oxygens (including phenoxy) is 1. The molecule has 0 aliphatic heterocycles. The van der Waals surface area contributed by atoms with Gasteiger partial charge in [-0.3, -0.25) is 0 Å². The Morgan fingerprint density at radius 3 is 2.47 bits per heavy atom. The van der Waals surface area contributed by atoms with Gasteiger partial charge < -0.3 is 9.84 Å². The quantitative estimate of drug-likeness (QED) is 0.864. The molecule has 0 aliphatic rings. The first-order valence-corrected chi connectivity index (χ1v) is 5.68. The van der Waals surface area contributed by atoms with Crippen LogP contribution in [-0.4, -0.2) is 26.4 Å². The molecule has 0 aromatic heterocycles. The van der Waals surface area contributed by atoms with Crippen molar-refractivity contribution in [1.82, 2.24) is 0 Å². The van der Waals surface area contributed by atoms with Crippen molar-refractivity contribution in [1.29, 1.82) is 0 Å². The lowest BCUT2D eigenvalue weighted by Gasteiger charge is -2.09. The maximum atomic E-state index is 11.9. The van der Waals surface area contributed by atoms with Crippen molar-refractivity contribution in [3.8, 4) is 11.5 Å². The fourth-order valence-electron chi connectivity index (χ4n) is 0.991. The van der Waals surface area contributed by atoms with Crippen molar-refractivity contribution in [3.05, 3.63) is 18.2 Å². The molecule has 7 heteroatoms. The number of sulfone groups is 1. The van der Waals surface area contributed by atoms with E-state index in [2.05, 4.69) is 4.74 Å². The predicted octanol–water partition coefficient (Wildman–Crippen LogP) is 1.40. The van der Waals surface area contributed by atoms with E-state index in [-0.39, 0.29) is 10.6 Å². The zero-order valence-electron chi connectivity index (χ0n) is 7.65. The molecule has 0 atom stereocenters. The minimum absolute atomic E-state index is 0.349. The topological polar surface area (TPSA) is 63.6 Å². The minimum Gasteiger partial charge on any atom is -0.508 e. The van der Waals surface area contributed by atoms with E-state index in [1.807, 2.05) is 0 Å². The first-order valence-electron chi connectivity index (χ1n) is 3.78. The van der Waals surface area contributed by atoms with Gasteiger partial charge in [0.05, 0.1) is 0 Å². The molecule has 0 saturated carbocycles. The van der Waals surface area contributed by atoms with Crippen LogP contribution < -0.4 is 4.74 Å². The first-order chi connectivity index (χ1) is 6.80. The average Bonchev–Trinajstić information content (AvgIpc) is 1.99. The van der Waals surface area contributed by atoms with E-state index in [0.717, 1.165) is 24.5 Å². The first kappa shape index (κ1) is 11.7. The number of aromatic hydroxyl groups is 1. The van der Waals surface area contributed by atoms with Gasteiger partial charge in [-0.2, -0.15) is 8.78 Å². The van der Waals surface area contributed by atoms with Crippen molar-refractivity contribution in [3.63, 3.8) is 0 Å². The molecule has 0 aliphatic carbocycles. The van der Waals surface area contributed by atoms with Gasteiger partial charge in [0.25, 0.3) is 0 Å². The number of hydrogen-bond acceptors (Lipinski definition) is 4. The van der Waals surface area contributed by atoms with Crippen LogP contribution in [0.15, 0.2) is 23.1 Å². The summed E-state index contributed by atoms with van der Waals surface area (Å²) in [6.45, 7) is -3.15. The van der Waals surface area contributed by atoms with Crippen LogP contribution in [0.1, 0.15) is 0 Å². The van der Waals surface area contributed by atoms with Gasteiger partial charge in [-0.1, -0.05) is 0 Å². The normalized spacial score (nSPS) is 11.7. The summed E-state index contributed by atoms with van der Waals surface area (Å²) in [7, 11) is -3.67. The highest BCUT2D eigenvalue weighted by molar-refractivity contribution is 7.90. The summed E-state index contributed by atoms with van der Waals surface area (Å²) in [5.74, 6) is -0.912. The third-order valence-electron chi connectivity index (χ3n) is 1.54. The summed E-state index contributed by atoms with van der Waals surface area (Å²) >= 11 is 0. The largest absolute Gasteiger partial charge is 0.508 e.